The fourth-order valence-corrected chi connectivity index (χ4v) is 4.24. The summed E-state index contributed by atoms with van der Waals surface area (Å²) >= 11 is 0. The van der Waals surface area contributed by atoms with Crippen LogP contribution in [-0.4, -0.2) is 72.0 Å². The summed E-state index contributed by atoms with van der Waals surface area (Å²) in [7, 11) is 0. The van der Waals surface area contributed by atoms with Gasteiger partial charge in [0.1, 0.15) is 5.82 Å². The number of para-hydroxylation sites is 2. The fraction of sp³-hybridized carbons (Fsp3) is 0.333. The van der Waals surface area contributed by atoms with Crippen molar-refractivity contribution in [1.29, 1.82) is 0 Å². The minimum atomic E-state index is -0.161. The van der Waals surface area contributed by atoms with Gasteiger partial charge >= 0.3 is 0 Å². The number of nitrogens with zero attached hydrogens (tertiary/aromatic N) is 9. The molecule has 0 saturated carbocycles. The molecule has 0 atom stereocenters. The third kappa shape index (κ3) is 4.02. The summed E-state index contributed by atoms with van der Waals surface area (Å²) in [4.78, 5) is 21.6. The van der Waals surface area contributed by atoms with Crippen molar-refractivity contribution >= 4 is 11.9 Å². The van der Waals surface area contributed by atoms with Crippen molar-refractivity contribution in [3.05, 3.63) is 71.8 Å². The van der Waals surface area contributed by atoms with Crippen LogP contribution in [0.3, 0.4) is 0 Å². The molecule has 0 bridgehead atoms. The van der Waals surface area contributed by atoms with E-state index >= 15 is 0 Å². The zero-order valence-electron chi connectivity index (χ0n) is 19.5. The Morgan fingerprint density at radius 3 is 2.35 bits per heavy atom. The predicted octanol–water partition coefficient (Wildman–Crippen LogP) is 2.64. The van der Waals surface area contributed by atoms with Crippen LogP contribution in [0, 0.1) is 6.92 Å². The minimum Gasteiger partial charge on any atom is -0.336 e. The van der Waals surface area contributed by atoms with E-state index in [1.54, 1.807) is 14.3 Å². The maximum Gasteiger partial charge on any atom is 0.293 e. The second-order valence-corrected chi connectivity index (χ2v) is 8.61. The van der Waals surface area contributed by atoms with Crippen LogP contribution < -0.4 is 4.90 Å². The molecule has 10 heteroatoms. The first-order chi connectivity index (χ1) is 16.5. The molecule has 1 fully saturated rings. The van der Waals surface area contributed by atoms with Crippen molar-refractivity contribution in [2.75, 3.05) is 31.1 Å². The van der Waals surface area contributed by atoms with E-state index in [4.69, 9.17) is 0 Å². The molecular formula is C24H27N9O. The van der Waals surface area contributed by atoms with E-state index in [2.05, 4.69) is 50.4 Å². The average Bonchev–Trinajstić information content (AvgIpc) is 3.51. The minimum absolute atomic E-state index is 0.161. The summed E-state index contributed by atoms with van der Waals surface area (Å²) < 4.78 is 3.49. The third-order valence-corrected chi connectivity index (χ3v) is 6.05. The number of hydrogen-bond donors (Lipinski definition) is 0. The van der Waals surface area contributed by atoms with Gasteiger partial charge in [0.2, 0.25) is 11.8 Å². The van der Waals surface area contributed by atoms with Gasteiger partial charge in [-0.05, 0) is 47.0 Å². The lowest BCUT2D eigenvalue weighted by molar-refractivity contribution is 0.0734. The highest BCUT2D eigenvalue weighted by atomic mass is 16.2. The number of aromatic nitrogens is 7. The molecule has 34 heavy (non-hydrogen) atoms. The topological polar surface area (TPSA) is 97.9 Å². The molecule has 10 nitrogen and oxygen atoms in total. The molecular weight excluding hydrogens is 430 g/mol. The quantitative estimate of drug-likeness (QED) is 0.454. The molecule has 3 heterocycles. The van der Waals surface area contributed by atoms with Crippen LogP contribution in [0.1, 0.15) is 41.8 Å². The number of tetrazole rings is 1. The van der Waals surface area contributed by atoms with Crippen LogP contribution in [0.2, 0.25) is 0 Å². The molecule has 2 aromatic heterocycles. The summed E-state index contributed by atoms with van der Waals surface area (Å²) in [6.45, 7) is 8.48. The maximum absolute atomic E-state index is 13.2. The molecule has 5 rings (SSSR count). The van der Waals surface area contributed by atoms with Gasteiger partial charge < -0.3 is 9.80 Å². The van der Waals surface area contributed by atoms with Crippen LogP contribution in [0.5, 0.6) is 0 Å². The van der Waals surface area contributed by atoms with E-state index in [0.29, 0.717) is 43.9 Å². The zero-order valence-corrected chi connectivity index (χ0v) is 19.5. The van der Waals surface area contributed by atoms with E-state index in [1.165, 1.54) is 5.56 Å². The highest BCUT2D eigenvalue weighted by Crippen LogP contribution is 2.23. The molecule has 1 aliphatic rings. The summed E-state index contributed by atoms with van der Waals surface area (Å²) in [6, 6.07) is 17.9. The van der Waals surface area contributed by atoms with Gasteiger partial charge in [0.05, 0.1) is 11.4 Å². The Morgan fingerprint density at radius 2 is 1.62 bits per heavy atom. The van der Waals surface area contributed by atoms with Crippen LogP contribution >= 0.6 is 0 Å². The number of amides is 1. The van der Waals surface area contributed by atoms with Crippen molar-refractivity contribution in [3.8, 4) is 11.4 Å². The lowest BCUT2D eigenvalue weighted by atomic mass is 10.0. The number of carbonyl (C=O) groups excluding carboxylic acids is 1. The summed E-state index contributed by atoms with van der Waals surface area (Å²) in [5.41, 5.74) is 3.02. The first-order valence-electron chi connectivity index (χ1n) is 11.4. The lowest BCUT2D eigenvalue weighted by Gasteiger charge is -2.34. The molecule has 174 valence electrons. The fourth-order valence-electron chi connectivity index (χ4n) is 4.24. The summed E-state index contributed by atoms with van der Waals surface area (Å²) in [5.74, 6) is 1.75. The number of aryl methyl sites for hydroxylation is 1. The monoisotopic (exact) mass is 457 g/mol. The van der Waals surface area contributed by atoms with E-state index < -0.39 is 0 Å². The third-order valence-electron chi connectivity index (χ3n) is 6.05. The maximum atomic E-state index is 13.2. The lowest BCUT2D eigenvalue weighted by Crippen LogP contribution is -2.49. The summed E-state index contributed by atoms with van der Waals surface area (Å²) in [6.07, 6.45) is 0. The number of anilines is 1. The second-order valence-electron chi connectivity index (χ2n) is 8.61. The Labute approximate surface area is 197 Å². The van der Waals surface area contributed by atoms with Crippen LogP contribution in [0.4, 0.5) is 5.95 Å². The van der Waals surface area contributed by atoms with Crippen LogP contribution in [-0.2, 0) is 0 Å². The molecule has 0 N–H and O–H groups in total. The number of carbonyl (C=O) groups is 1. The first kappa shape index (κ1) is 21.7. The van der Waals surface area contributed by atoms with Crippen molar-refractivity contribution in [1.82, 2.24) is 39.9 Å². The molecule has 4 aromatic rings. The van der Waals surface area contributed by atoms with Crippen molar-refractivity contribution < 1.29 is 4.79 Å². The van der Waals surface area contributed by atoms with Crippen LogP contribution in [0.15, 0.2) is 54.6 Å². The number of piperazine rings is 1. The first-order valence-corrected chi connectivity index (χ1v) is 11.4. The second kappa shape index (κ2) is 9.05. The van der Waals surface area contributed by atoms with E-state index in [9.17, 15) is 4.79 Å². The van der Waals surface area contributed by atoms with Gasteiger partial charge in [-0.2, -0.15) is 4.68 Å². The van der Waals surface area contributed by atoms with Gasteiger partial charge in [-0.25, -0.2) is 9.67 Å². The smallest absolute Gasteiger partial charge is 0.293 e. The van der Waals surface area contributed by atoms with Gasteiger partial charge in [0.25, 0.3) is 5.91 Å². The predicted molar refractivity (Wildman–Crippen MR) is 127 cm³/mol. The summed E-state index contributed by atoms with van der Waals surface area (Å²) in [5, 5.41) is 16.8. The van der Waals surface area contributed by atoms with Gasteiger partial charge in [-0.15, -0.1) is 5.10 Å². The SMILES string of the molecule is Cc1nc(C(=O)N2CCN(c3nnnn3-c3ccccc3)CC2)nn1-c1ccccc1C(C)C. The van der Waals surface area contributed by atoms with E-state index in [-0.39, 0.29) is 11.7 Å². The van der Waals surface area contributed by atoms with Gasteiger partial charge in [0, 0.05) is 26.2 Å². The zero-order chi connectivity index (χ0) is 23.7. The van der Waals surface area contributed by atoms with Gasteiger partial charge in [-0.3, -0.25) is 4.79 Å². The molecule has 0 unspecified atom stereocenters. The Balaban J connectivity index is 1.31. The van der Waals surface area contributed by atoms with Crippen molar-refractivity contribution in [3.63, 3.8) is 0 Å². The molecule has 1 aliphatic heterocycles. The Bertz CT molecular complexity index is 1290. The Hall–Kier alpha value is -4.08. The van der Waals surface area contributed by atoms with Crippen molar-refractivity contribution in [2.45, 2.75) is 26.7 Å². The van der Waals surface area contributed by atoms with E-state index in [0.717, 1.165) is 11.4 Å². The number of rotatable bonds is 5. The van der Waals surface area contributed by atoms with Crippen molar-refractivity contribution in [2.24, 2.45) is 0 Å². The standard InChI is InChI=1S/C24H27N9O/c1-17(2)20-11-7-8-12-21(20)32-18(3)25-22(27-32)23(34)30-13-15-31(16-14-30)24-26-28-29-33(24)19-9-5-4-6-10-19/h4-12,17H,13-16H2,1-3H3. The number of hydrogen-bond acceptors (Lipinski definition) is 7. The highest BCUT2D eigenvalue weighted by Gasteiger charge is 2.28. The van der Waals surface area contributed by atoms with E-state index in [1.807, 2.05) is 55.5 Å². The highest BCUT2D eigenvalue weighted by molar-refractivity contribution is 5.90. The van der Waals surface area contributed by atoms with Gasteiger partial charge in [0.15, 0.2) is 0 Å². The molecule has 0 radical (unpaired) electrons. The number of benzene rings is 2. The van der Waals surface area contributed by atoms with Crippen LogP contribution in [0.25, 0.3) is 11.4 Å². The Morgan fingerprint density at radius 1 is 0.912 bits per heavy atom. The average molecular weight is 458 g/mol. The Kier molecular flexibility index (Phi) is 5.79. The molecule has 2 aromatic carbocycles. The molecule has 1 saturated heterocycles. The largest absolute Gasteiger partial charge is 0.336 e. The molecule has 1 amide bonds. The van der Waals surface area contributed by atoms with Gasteiger partial charge in [-0.1, -0.05) is 55.3 Å². The normalized spacial score (nSPS) is 14.1. The molecule has 0 aliphatic carbocycles. The molecule has 0 spiro atoms.